The van der Waals surface area contributed by atoms with E-state index in [-0.39, 0.29) is 24.0 Å². The van der Waals surface area contributed by atoms with Crippen LogP contribution in [0.3, 0.4) is 0 Å². The van der Waals surface area contributed by atoms with Crippen molar-refractivity contribution in [1.29, 1.82) is 0 Å². The zero-order valence-corrected chi connectivity index (χ0v) is 17.6. The largest absolute Gasteiger partial charge is 0.502 e. The number of methoxy groups -OCH3 is 1. The third kappa shape index (κ3) is 3.76. The quantitative estimate of drug-likeness (QED) is 0.739. The molecular weight excluding hydrogens is 400 g/mol. The SMILES string of the molecule is COCCN1CN(C)n2cc(C(=O)N[C@H]3CCCc4ccccc43)c(=O)c(O)c2C1=O. The number of amides is 2. The molecule has 9 heteroatoms. The Bertz CT molecular complexity index is 1080. The predicted molar refractivity (Wildman–Crippen MR) is 114 cm³/mol. The Balaban J connectivity index is 1.65. The van der Waals surface area contributed by atoms with Gasteiger partial charge in [-0.1, -0.05) is 24.3 Å². The molecule has 1 aliphatic heterocycles. The normalized spacial score (nSPS) is 17.9. The first-order valence-electron chi connectivity index (χ1n) is 10.3. The fourth-order valence-electron chi connectivity index (χ4n) is 4.26. The number of ether oxygens (including phenoxy) is 1. The minimum Gasteiger partial charge on any atom is -0.502 e. The number of aryl methyl sites for hydroxylation is 1. The smallest absolute Gasteiger partial charge is 0.277 e. The van der Waals surface area contributed by atoms with Crippen molar-refractivity contribution in [2.45, 2.75) is 25.3 Å². The van der Waals surface area contributed by atoms with E-state index in [9.17, 15) is 19.5 Å². The first kappa shape index (κ1) is 20.9. The van der Waals surface area contributed by atoms with Crippen LogP contribution in [0.1, 0.15) is 50.9 Å². The number of carbonyl (C=O) groups is 2. The molecule has 1 atom stereocenters. The van der Waals surface area contributed by atoms with Gasteiger partial charge in [0.05, 0.1) is 12.6 Å². The number of fused-ring (bicyclic) bond motifs is 2. The summed E-state index contributed by atoms with van der Waals surface area (Å²) in [5.41, 5.74) is 1.02. The molecule has 0 saturated carbocycles. The molecule has 0 unspecified atom stereocenters. The highest BCUT2D eigenvalue weighted by Crippen LogP contribution is 2.29. The minimum absolute atomic E-state index is 0.158. The van der Waals surface area contributed by atoms with Gasteiger partial charge in [0.15, 0.2) is 11.4 Å². The van der Waals surface area contributed by atoms with Gasteiger partial charge in [-0.25, -0.2) is 0 Å². The van der Waals surface area contributed by atoms with Gasteiger partial charge in [-0.3, -0.25) is 24.1 Å². The minimum atomic E-state index is -0.858. The molecule has 2 amide bonds. The van der Waals surface area contributed by atoms with E-state index < -0.39 is 23.0 Å². The fourth-order valence-corrected chi connectivity index (χ4v) is 4.26. The van der Waals surface area contributed by atoms with E-state index in [4.69, 9.17) is 4.74 Å². The summed E-state index contributed by atoms with van der Waals surface area (Å²) in [5, 5.41) is 15.1. The predicted octanol–water partition coefficient (Wildman–Crippen LogP) is 0.989. The lowest BCUT2D eigenvalue weighted by Crippen LogP contribution is -2.53. The number of pyridine rings is 1. The van der Waals surface area contributed by atoms with Crippen molar-refractivity contribution in [3.63, 3.8) is 0 Å². The molecule has 2 heterocycles. The second kappa shape index (κ2) is 8.43. The summed E-state index contributed by atoms with van der Waals surface area (Å²) in [6.45, 7) is 0.874. The summed E-state index contributed by atoms with van der Waals surface area (Å²) in [7, 11) is 3.24. The maximum Gasteiger partial charge on any atom is 0.277 e. The molecule has 1 aromatic heterocycles. The number of aromatic hydroxyl groups is 1. The summed E-state index contributed by atoms with van der Waals surface area (Å²) < 4.78 is 6.39. The average molecular weight is 426 g/mol. The molecule has 0 bridgehead atoms. The first-order valence-corrected chi connectivity index (χ1v) is 10.3. The maximum absolute atomic E-state index is 13.0. The van der Waals surface area contributed by atoms with Gasteiger partial charge in [0.2, 0.25) is 5.43 Å². The van der Waals surface area contributed by atoms with Crippen LogP contribution in [0.4, 0.5) is 0 Å². The Morgan fingerprint density at radius 2 is 2.06 bits per heavy atom. The van der Waals surface area contributed by atoms with Crippen molar-refractivity contribution < 1.29 is 19.4 Å². The lowest BCUT2D eigenvalue weighted by Gasteiger charge is -2.37. The van der Waals surface area contributed by atoms with Crippen molar-refractivity contribution in [3.8, 4) is 5.75 Å². The van der Waals surface area contributed by atoms with Crippen LogP contribution in [0.2, 0.25) is 0 Å². The standard InChI is InChI=1S/C22H26N4O5/c1-24-13-25(10-11-31-2)22(30)18-20(28)19(27)16(12-26(18)24)21(29)23-17-9-5-7-14-6-3-4-8-15(14)17/h3-4,6,8,12,17,28H,5,7,9-11,13H2,1-2H3,(H,23,29)/t17-/m0/s1. The van der Waals surface area contributed by atoms with Crippen LogP contribution in [0.5, 0.6) is 5.75 Å². The Morgan fingerprint density at radius 3 is 2.84 bits per heavy atom. The van der Waals surface area contributed by atoms with Crippen molar-refractivity contribution in [2.24, 2.45) is 0 Å². The van der Waals surface area contributed by atoms with E-state index >= 15 is 0 Å². The number of carbonyl (C=O) groups excluding carboxylic acids is 2. The summed E-state index contributed by atoms with van der Waals surface area (Å²) in [6.07, 6.45) is 3.99. The van der Waals surface area contributed by atoms with Crippen LogP contribution >= 0.6 is 0 Å². The van der Waals surface area contributed by atoms with E-state index in [1.807, 2.05) is 24.3 Å². The van der Waals surface area contributed by atoms with Gasteiger partial charge in [0, 0.05) is 26.9 Å². The van der Waals surface area contributed by atoms with Gasteiger partial charge in [0.25, 0.3) is 11.8 Å². The van der Waals surface area contributed by atoms with Gasteiger partial charge in [-0.15, -0.1) is 0 Å². The lowest BCUT2D eigenvalue weighted by molar-refractivity contribution is 0.0628. The Morgan fingerprint density at radius 1 is 1.29 bits per heavy atom. The van der Waals surface area contributed by atoms with Gasteiger partial charge in [-0.2, -0.15) is 0 Å². The number of benzene rings is 1. The fraction of sp³-hybridized carbons (Fsp3) is 0.409. The van der Waals surface area contributed by atoms with E-state index in [0.717, 1.165) is 24.8 Å². The molecule has 9 nitrogen and oxygen atoms in total. The number of nitrogens with one attached hydrogen (secondary N) is 1. The highest BCUT2D eigenvalue weighted by atomic mass is 16.5. The molecule has 2 aliphatic rings. The topological polar surface area (TPSA) is 104 Å². The van der Waals surface area contributed by atoms with Gasteiger partial charge < -0.3 is 20.1 Å². The highest BCUT2D eigenvalue weighted by molar-refractivity contribution is 5.99. The molecule has 0 spiro atoms. The Hall–Kier alpha value is -3.33. The zero-order chi connectivity index (χ0) is 22.1. The van der Waals surface area contributed by atoms with E-state index in [0.29, 0.717) is 13.2 Å². The molecule has 0 radical (unpaired) electrons. The van der Waals surface area contributed by atoms with Crippen LogP contribution in [-0.2, 0) is 11.2 Å². The van der Waals surface area contributed by atoms with E-state index in [2.05, 4.69) is 5.32 Å². The summed E-state index contributed by atoms with van der Waals surface area (Å²) >= 11 is 0. The molecule has 2 N–H and O–H groups in total. The average Bonchev–Trinajstić information content (AvgIpc) is 2.77. The molecular formula is C22H26N4O5. The highest BCUT2D eigenvalue weighted by Gasteiger charge is 2.33. The molecule has 1 aromatic carbocycles. The zero-order valence-electron chi connectivity index (χ0n) is 17.6. The number of hydrogen-bond donors (Lipinski definition) is 2. The summed E-state index contributed by atoms with van der Waals surface area (Å²) in [4.78, 5) is 40.1. The van der Waals surface area contributed by atoms with Crippen LogP contribution in [-0.4, -0.2) is 60.5 Å². The Labute approximate surface area is 179 Å². The number of aromatic nitrogens is 1. The summed E-state index contributed by atoms with van der Waals surface area (Å²) in [5.74, 6) is -1.78. The number of hydrogen-bond acceptors (Lipinski definition) is 6. The number of nitrogens with zero attached hydrogens (tertiary/aromatic N) is 3. The number of rotatable bonds is 5. The monoisotopic (exact) mass is 426 g/mol. The summed E-state index contributed by atoms with van der Waals surface area (Å²) in [6, 6.07) is 7.73. The van der Waals surface area contributed by atoms with E-state index in [1.54, 1.807) is 12.1 Å². The molecule has 31 heavy (non-hydrogen) atoms. The van der Waals surface area contributed by atoms with Crippen molar-refractivity contribution in [2.75, 3.05) is 39.0 Å². The second-order valence-corrected chi connectivity index (χ2v) is 7.89. The van der Waals surface area contributed by atoms with Crippen molar-refractivity contribution >= 4 is 11.8 Å². The van der Waals surface area contributed by atoms with Crippen LogP contribution in [0.25, 0.3) is 0 Å². The molecule has 164 valence electrons. The second-order valence-electron chi connectivity index (χ2n) is 7.89. The van der Waals surface area contributed by atoms with Crippen LogP contribution in [0.15, 0.2) is 35.3 Å². The molecule has 2 aromatic rings. The first-order chi connectivity index (χ1) is 14.9. The van der Waals surface area contributed by atoms with Gasteiger partial charge >= 0.3 is 0 Å². The van der Waals surface area contributed by atoms with Crippen molar-refractivity contribution in [3.05, 3.63) is 63.1 Å². The van der Waals surface area contributed by atoms with Gasteiger partial charge in [0.1, 0.15) is 12.2 Å². The molecule has 1 aliphatic carbocycles. The van der Waals surface area contributed by atoms with E-state index in [1.165, 1.54) is 28.4 Å². The Kier molecular flexibility index (Phi) is 5.69. The molecule has 0 fully saturated rings. The molecule has 0 saturated heterocycles. The molecule has 4 rings (SSSR count). The van der Waals surface area contributed by atoms with Gasteiger partial charge in [-0.05, 0) is 30.4 Å². The third-order valence-corrected chi connectivity index (χ3v) is 5.88. The van der Waals surface area contributed by atoms with Crippen molar-refractivity contribution in [1.82, 2.24) is 14.9 Å². The van der Waals surface area contributed by atoms with Crippen LogP contribution < -0.4 is 15.8 Å². The maximum atomic E-state index is 13.0. The third-order valence-electron chi connectivity index (χ3n) is 5.88. The van der Waals surface area contributed by atoms with Crippen LogP contribution in [0, 0.1) is 0 Å². The lowest BCUT2D eigenvalue weighted by atomic mass is 9.87.